The molecule has 3 nitrogen and oxygen atoms in total. The van der Waals surface area contributed by atoms with E-state index in [1.165, 1.54) is 0 Å². The van der Waals surface area contributed by atoms with E-state index in [2.05, 4.69) is 10.3 Å². The third kappa shape index (κ3) is 2.76. The van der Waals surface area contributed by atoms with Crippen LogP contribution < -0.4 is 5.32 Å². The fourth-order valence-corrected chi connectivity index (χ4v) is 2.55. The molecule has 4 heteroatoms. The minimum absolute atomic E-state index is 0.0323. The van der Waals surface area contributed by atoms with Gasteiger partial charge in [0.25, 0.3) is 5.91 Å². The molecule has 0 saturated carbocycles. The molecule has 94 valence electrons. The SMILES string of the molecule is CCc1cnccc1C(=O)N[C@@H](C)c1cccs1. The maximum Gasteiger partial charge on any atom is 0.252 e. The fourth-order valence-electron chi connectivity index (χ4n) is 1.81. The van der Waals surface area contributed by atoms with Crippen LogP contribution in [0.15, 0.2) is 36.0 Å². The highest BCUT2D eigenvalue weighted by Crippen LogP contribution is 2.19. The molecule has 2 aromatic rings. The summed E-state index contributed by atoms with van der Waals surface area (Å²) in [5.41, 5.74) is 1.70. The number of amides is 1. The average Bonchev–Trinajstić information content (AvgIpc) is 2.92. The Morgan fingerprint density at radius 3 is 3.00 bits per heavy atom. The van der Waals surface area contributed by atoms with Gasteiger partial charge in [-0.3, -0.25) is 9.78 Å². The standard InChI is InChI=1S/C14H16N2OS/c1-3-11-9-15-7-6-12(11)14(17)16-10(2)13-5-4-8-18-13/h4-10H,3H2,1-2H3,(H,16,17)/t10-/m0/s1. The van der Waals surface area contributed by atoms with Gasteiger partial charge in [-0.2, -0.15) is 0 Å². The summed E-state index contributed by atoms with van der Waals surface area (Å²) in [6.07, 6.45) is 4.22. The van der Waals surface area contributed by atoms with Gasteiger partial charge in [0.05, 0.1) is 6.04 Å². The molecule has 0 aromatic carbocycles. The first-order valence-corrected chi connectivity index (χ1v) is 6.87. The lowest BCUT2D eigenvalue weighted by Gasteiger charge is -2.13. The smallest absolute Gasteiger partial charge is 0.252 e. The number of rotatable bonds is 4. The molecule has 2 rings (SSSR count). The molecule has 1 amide bonds. The number of aromatic nitrogens is 1. The van der Waals surface area contributed by atoms with Crippen molar-refractivity contribution in [2.75, 3.05) is 0 Å². The van der Waals surface area contributed by atoms with Crippen molar-refractivity contribution < 1.29 is 4.79 Å². The monoisotopic (exact) mass is 260 g/mol. The molecule has 0 bridgehead atoms. The first kappa shape index (κ1) is 12.8. The van der Waals surface area contributed by atoms with Crippen molar-refractivity contribution in [1.82, 2.24) is 10.3 Å². The summed E-state index contributed by atoms with van der Waals surface area (Å²) < 4.78 is 0. The Morgan fingerprint density at radius 1 is 1.50 bits per heavy atom. The van der Waals surface area contributed by atoms with Crippen molar-refractivity contribution in [2.45, 2.75) is 26.3 Å². The number of thiophene rings is 1. The largest absolute Gasteiger partial charge is 0.345 e. The van der Waals surface area contributed by atoms with Crippen LogP contribution in [0.5, 0.6) is 0 Å². The molecule has 0 spiro atoms. The van der Waals surface area contributed by atoms with Gasteiger partial charge in [-0.1, -0.05) is 13.0 Å². The summed E-state index contributed by atoms with van der Waals surface area (Å²) in [6, 6.07) is 5.83. The molecule has 2 heterocycles. The number of carbonyl (C=O) groups excluding carboxylic acids is 1. The van der Waals surface area contributed by atoms with Crippen LogP contribution in [-0.2, 0) is 6.42 Å². The lowest BCUT2D eigenvalue weighted by atomic mass is 10.1. The van der Waals surface area contributed by atoms with Gasteiger partial charge in [0.1, 0.15) is 0 Å². The third-order valence-corrected chi connectivity index (χ3v) is 3.90. The van der Waals surface area contributed by atoms with Gasteiger partial charge in [-0.05, 0) is 36.4 Å². The van der Waals surface area contributed by atoms with Crippen LogP contribution in [0.1, 0.15) is 40.7 Å². The molecule has 0 aliphatic rings. The second-order valence-corrected chi connectivity index (χ2v) is 5.08. The van der Waals surface area contributed by atoms with E-state index in [1.54, 1.807) is 29.8 Å². The van der Waals surface area contributed by atoms with E-state index in [0.717, 1.165) is 22.4 Å². The van der Waals surface area contributed by atoms with Gasteiger partial charge in [-0.15, -0.1) is 11.3 Å². The Kier molecular flexibility index (Phi) is 4.10. The Hall–Kier alpha value is -1.68. The van der Waals surface area contributed by atoms with Crippen molar-refractivity contribution in [3.63, 3.8) is 0 Å². The predicted molar refractivity (Wildman–Crippen MR) is 73.8 cm³/mol. The summed E-state index contributed by atoms with van der Waals surface area (Å²) in [7, 11) is 0. The minimum atomic E-state index is -0.0323. The number of carbonyl (C=O) groups is 1. The van der Waals surface area contributed by atoms with Crippen LogP contribution in [0.4, 0.5) is 0 Å². The molecule has 1 N–H and O–H groups in total. The topological polar surface area (TPSA) is 42.0 Å². The lowest BCUT2D eigenvalue weighted by molar-refractivity contribution is 0.0939. The van der Waals surface area contributed by atoms with Crippen molar-refractivity contribution >= 4 is 17.2 Å². The molecule has 1 atom stereocenters. The molecule has 0 aliphatic heterocycles. The molecular formula is C14H16N2OS. The molecule has 0 fully saturated rings. The molecule has 0 aliphatic carbocycles. The zero-order valence-electron chi connectivity index (χ0n) is 10.5. The zero-order chi connectivity index (χ0) is 13.0. The van der Waals surface area contributed by atoms with Gasteiger partial charge in [0, 0.05) is 22.8 Å². The van der Waals surface area contributed by atoms with Gasteiger partial charge in [-0.25, -0.2) is 0 Å². The summed E-state index contributed by atoms with van der Waals surface area (Å²) in [4.78, 5) is 17.4. The van der Waals surface area contributed by atoms with E-state index in [9.17, 15) is 4.79 Å². The predicted octanol–water partition coefficient (Wildman–Crippen LogP) is 3.20. The number of pyridine rings is 1. The van der Waals surface area contributed by atoms with E-state index in [-0.39, 0.29) is 11.9 Å². The van der Waals surface area contributed by atoms with Crippen LogP contribution in [0.3, 0.4) is 0 Å². The zero-order valence-corrected chi connectivity index (χ0v) is 11.3. The van der Waals surface area contributed by atoms with E-state index < -0.39 is 0 Å². The van der Waals surface area contributed by atoms with Crippen LogP contribution >= 0.6 is 11.3 Å². The van der Waals surface area contributed by atoms with Crippen molar-refractivity contribution in [1.29, 1.82) is 0 Å². The molecule has 18 heavy (non-hydrogen) atoms. The van der Waals surface area contributed by atoms with Crippen LogP contribution in [-0.4, -0.2) is 10.9 Å². The molecule has 0 unspecified atom stereocenters. The van der Waals surface area contributed by atoms with Crippen molar-refractivity contribution in [2.24, 2.45) is 0 Å². The molecule has 0 saturated heterocycles. The summed E-state index contributed by atoms with van der Waals surface area (Å²) in [6.45, 7) is 4.02. The molecule has 2 aromatic heterocycles. The van der Waals surface area contributed by atoms with Crippen LogP contribution in [0, 0.1) is 0 Å². The lowest BCUT2D eigenvalue weighted by Crippen LogP contribution is -2.27. The maximum absolute atomic E-state index is 12.2. The second kappa shape index (κ2) is 5.78. The number of nitrogens with zero attached hydrogens (tertiary/aromatic N) is 1. The van der Waals surface area contributed by atoms with Gasteiger partial charge in [0.15, 0.2) is 0 Å². The normalized spacial score (nSPS) is 12.1. The first-order valence-electron chi connectivity index (χ1n) is 5.99. The van der Waals surface area contributed by atoms with Crippen molar-refractivity contribution in [3.05, 3.63) is 52.0 Å². The van der Waals surface area contributed by atoms with Gasteiger partial charge < -0.3 is 5.32 Å². The van der Waals surface area contributed by atoms with Crippen LogP contribution in [0.2, 0.25) is 0 Å². The van der Waals surface area contributed by atoms with Gasteiger partial charge in [0.2, 0.25) is 0 Å². The maximum atomic E-state index is 12.2. The number of hydrogen-bond acceptors (Lipinski definition) is 3. The Balaban J connectivity index is 2.12. The third-order valence-electron chi connectivity index (χ3n) is 2.85. The Morgan fingerprint density at radius 2 is 2.33 bits per heavy atom. The number of hydrogen-bond donors (Lipinski definition) is 1. The fraction of sp³-hybridized carbons (Fsp3) is 0.286. The van der Waals surface area contributed by atoms with E-state index in [0.29, 0.717) is 0 Å². The second-order valence-electron chi connectivity index (χ2n) is 4.10. The Bertz CT molecular complexity index is 522. The summed E-state index contributed by atoms with van der Waals surface area (Å²) >= 11 is 1.65. The summed E-state index contributed by atoms with van der Waals surface area (Å²) in [5, 5.41) is 5.03. The quantitative estimate of drug-likeness (QED) is 0.917. The highest BCUT2D eigenvalue weighted by molar-refractivity contribution is 7.10. The van der Waals surface area contributed by atoms with E-state index in [1.807, 2.05) is 31.4 Å². The average molecular weight is 260 g/mol. The van der Waals surface area contributed by atoms with Gasteiger partial charge >= 0.3 is 0 Å². The van der Waals surface area contributed by atoms with Crippen molar-refractivity contribution in [3.8, 4) is 0 Å². The highest BCUT2D eigenvalue weighted by Gasteiger charge is 2.14. The van der Waals surface area contributed by atoms with E-state index >= 15 is 0 Å². The number of aryl methyl sites for hydroxylation is 1. The number of nitrogens with one attached hydrogen (secondary N) is 1. The molecular weight excluding hydrogens is 244 g/mol. The highest BCUT2D eigenvalue weighted by atomic mass is 32.1. The first-order chi connectivity index (χ1) is 8.72. The van der Waals surface area contributed by atoms with Crippen LogP contribution in [0.25, 0.3) is 0 Å². The molecule has 0 radical (unpaired) electrons. The van der Waals surface area contributed by atoms with E-state index in [4.69, 9.17) is 0 Å². The summed E-state index contributed by atoms with van der Waals surface area (Å²) in [5.74, 6) is -0.0323. The minimum Gasteiger partial charge on any atom is -0.345 e. The Labute approximate surface area is 111 Å².